The van der Waals surface area contributed by atoms with Crippen molar-refractivity contribution < 1.29 is 33.7 Å². The molecule has 0 spiro atoms. The quantitative estimate of drug-likeness (QED) is 0.186. The second-order valence-electron chi connectivity index (χ2n) is 5.31. The first-order chi connectivity index (χ1) is 9.59. The third-order valence-electron chi connectivity index (χ3n) is 2.65. The monoisotopic (exact) mass is 314 g/mol. The Morgan fingerprint density at radius 2 is 1.91 bits per heavy atom. The van der Waals surface area contributed by atoms with Crippen molar-refractivity contribution in [1.29, 1.82) is 5.26 Å². The van der Waals surface area contributed by atoms with Crippen molar-refractivity contribution in [1.82, 2.24) is 0 Å². The molecule has 0 N–H and O–H groups in total. The van der Waals surface area contributed by atoms with Crippen LogP contribution in [0.25, 0.3) is 5.76 Å². The summed E-state index contributed by atoms with van der Waals surface area (Å²) < 4.78 is 0. The average molecular weight is 315 g/mol. The molecule has 0 saturated carbocycles. The van der Waals surface area contributed by atoms with Gasteiger partial charge in [-0.2, -0.15) is 5.26 Å². The Labute approximate surface area is 144 Å². The molecule has 110 valence electrons. The molecule has 8 heteroatoms. The van der Waals surface area contributed by atoms with Gasteiger partial charge in [-0.3, -0.25) is 14.9 Å². The molecule has 0 atom stereocenters. The SMILES string of the molecule is CC(C)(C)C(=O)C(C#N)=C([O-])c1ccc(Cl)cc1[N+](=O)[O-].[Li+]. The molecule has 0 aliphatic rings. The summed E-state index contributed by atoms with van der Waals surface area (Å²) in [5, 5.41) is 32.4. The van der Waals surface area contributed by atoms with Crippen LogP contribution in [0.3, 0.4) is 0 Å². The summed E-state index contributed by atoms with van der Waals surface area (Å²) in [5.74, 6) is -1.64. The smallest absolute Gasteiger partial charge is 0.871 e. The first kappa shape index (κ1) is 20.2. The van der Waals surface area contributed by atoms with Crippen LogP contribution in [0.4, 0.5) is 5.69 Å². The standard InChI is InChI=1S/C14H13ClN2O4.Li/c1-14(2,3)13(19)10(7-16)12(18)9-5-4-8(15)6-11(9)17(20)21;/h4-6,18H,1-3H3;/q;+1/p-1. The van der Waals surface area contributed by atoms with E-state index in [1.54, 1.807) is 26.8 Å². The second-order valence-corrected chi connectivity index (χ2v) is 5.75. The average Bonchev–Trinajstić information content (AvgIpc) is 2.37. The van der Waals surface area contributed by atoms with Gasteiger partial charge >= 0.3 is 18.9 Å². The Bertz CT molecular complexity index is 687. The number of benzene rings is 1. The number of hydrogen-bond donors (Lipinski definition) is 0. The number of halogens is 1. The number of rotatable bonds is 3. The summed E-state index contributed by atoms with van der Waals surface area (Å²) in [6, 6.07) is 4.98. The zero-order valence-corrected chi connectivity index (χ0v) is 13.4. The molecule has 0 aliphatic carbocycles. The fourth-order valence-corrected chi connectivity index (χ4v) is 1.73. The van der Waals surface area contributed by atoms with Crippen molar-refractivity contribution in [2.75, 3.05) is 0 Å². The van der Waals surface area contributed by atoms with Crippen molar-refractivity contribution in [3.8, 4) is 6.07 Å². The van der Waals surface area contributed by atoms with Gasteiger partial charge in [0.1, 0.15) is 6.07 Å². The Morgan fingerprint density at radius 3 is 2.32 bits per heavy atom. The minimum absolute atomic E-state index is 0. The molecule has 1 rings (SSSR count). The van der Waals surface area contributed by atoms with Gasteiger partial charge in [0.2, 0.25) is 0 Å². The van der Waals surface area contributed by atoms with Gasteiger partial charge in [0.05, 0.1) is 10.5 Å². The molecule has 0 aliphatic heterocycles. The molecule has 0 unspecified atom stereocenters. The van der Waals surface area contributed by atoms with Gasteiger partial charge in [-0.1, -0.05) is 38.1 Å². The third kappa shape index (κ3) is 4.35. The number of allylic oxidation sites excluding steroid dienone is 1. The van der Waals surface area contributed by atoms with E-state index in [2.05, 4.69) is 0 Å². The van der Waals surface area contributed by atoms with Gasteiger partial charge in [0.15, 0.2) is 5.78 Å². The van der Waals surface area contributed by atoms with Crippen LogP contribution in [0.5, 0.6) is 0 Å². The molecule has 6 nitrogen and oxygen atoms in total. The zero-order valence-electron chi connectivity index (χ0n) is 12.6. The predicted molar refractivity (Wildman–Crippen MR) is 75.1 cm³/mol. The molecule has 0 amide bonds. The summed E-state index contributed by atoms with van der Waals surface area (Å²) in [6.45, 7) is 4.66. The maximum atomic E-state index is 12.3. The maximum absolute atomic E-state index is 12.3. The van der Waals surface area contributed by atoms with E-state index in [0.29, 0.717) is 0 Å². The molecular formula is C14H12ClLiN2O4. The molecule has 22 heavy (non-hydrogen) atoms. The van der Waals surface area contributed by atoms with Crippen molar-refractivity contribution in [2.45, 2.75) is 20.8 Å². The molecule has 1 aromatic carbocycles. The molecular weight excluding hydrogens is 303 g/mol. The summed E-state index contributed by atoms with van der Waals surface area (Å²) in [6.07, 6.45) is 0. The van der Waals surface area contributed by atoms with Gasteiger partial charge in [-0.05, 0) is 12.1 Å². The van der Waals surface area contributed by atoms with Crippen molar-refractivity contribution in [3.05, 3.63) is 44.5 Å². The Morgan fingerprint density at radius 1 is 1.36 bits per heavy atom. The van der Waals surface area contributed by atoms with E-state index in [-0.39, 0.29) is 29.4 Å². The van der Waals surface area contributed by atoms with Gasteiger partial charge in [-0.25, -0.2) is 0 Å². The van der Waals surface area contributed by atoms with E-state index < -0.39 is 33.1 Å². The van der Waals surface area contributed by atoms with Crippen LogP contribution >= 0.6 is 11.6 Å². The molecule has 0 heterocycles. The Hall–Kier alpha value is -1.79. The van der Waals surface area contributed by atoms with E-state index in [1.165, 1.54) is 6.07 Å². The molecule has 1 aromatic rings. The maximum Gasteiger partial charge on any atom is 1.00 e. The van der Waals surface area contributed by atoms with E-state index in [9.17, 15) is 20.0 Å². The fourth-order valence-electron chi connectivity index (χ4n) is 1.56. The zero-order chi connectivity index (χ0) is 16.4. The molecule has 0 fully saturated rings. The third-order valence-corrected chi connectivity index (χ3v) is 2.88. The molecule has 0 bridgehead atoms. The topological polar surface area (TPSA) is 107 Å². The Balaban J connectivity index is 0.00000441. The summed E-state index contributed by atoms with van der Waals surface area (Å²) in [5.41, 5.74) is -2.45. The van der Waals surface area contributed by atoms with Gasteiger partial charge < -0.3 is 5.11 Å². The van der Waals surface area contributed by atoms with Crippen LogP contribution in [-0.2, 0) is 4.79 Å². The van der Waals surface area contributed by atoms with E-state index in [0.717, 1.165) is 12.1 Å². The van der Waals surface area contributed by atoms with E-state index in [4.69, 9.17) is 16.9 Å². The van der Waals surface area contributed by atoms with Gasteiger partial charge in [0.25, 0.3) is 5.69 Å². The van der Waals surface area contributed by atoms with E-state index in [1.807, 2.05) is 0 Å². The number of carbonyl (C=O) groups excluding carboxylic acids is 1. The van der Waals surface area contributed by atoms with Crippen LogP contribution in [0.15, 0.2) is 23.8 Å². The summed E-state index contributed by atoms with van der Waals surface area (Å²) in [7, 11) is 0. The normalized spacial score (nSPS) is 11.8. The largest absolute Gasteiger partial charge is 1.00 e. The van der Waals surface area contributed by atoms with Crippen LogP contribution in [-0.4, -0.2) is 10.7 Å². The summed E-state index contributed by atoms with van der Waals surface area (Å²) >= 11 is 5.66. The number of carbonyl (C=O) groups is 1. The van der Waals surface area contributed by atoms with Crippen molar-refractivity contribution >= 4 is 28.8 Å². The second kappa shape index (κ2) is 7.46. The number of nitro benzene ring substituents is 1. The number of ketones is 1. The first-order valence-corrected chi connectivity index (χ1v) is 6.28. The molecule has 0 aromatic heterocycles. The number of nitriles is 1. The Kier molecular flexibility index (Phi) is 6.86. The van der Waals surface area contributed by atoms with Crippen LogP contribution in [0.2, 0.25) is 5.02 Å². The van der Waals surface area contributed by atoms with Crippen molar-refractivity contribution in [3.63, 3.8) is 0 Å². The molecule has 0 saturated heterocycles. The van der Waals surface area contributed by atoms with E-state index >= 15 is 0 Å². The number of nitro groups is 1. The van der Waals surface area contributed by atoms with Crippen LogP contribution < -0.4 is 24.0 Å². The minimum Gasteiger partial charge on any atom is -0.871 e. The number of Topliss-reactive ketones (excluding diaryl/α,β-unsaturated/α-hetero) is 1. The van der Waals surface area contributed by atoms with Crippen molar-refractivity contribution in [2.24, 2.45) is 5.41 Å². The summed E-state index contributed by atoms with van der Waals surface area (Å²) in [4.78, 5) is 22.3. The van der Waals surface area contributed by atoms with Gasteiger partial charge in [0, 0.05) is 22.1 Å². The number of nitrogens with zero attached hydrogens (tertiary/aromatic N) is 2. The molecule has 0 radical (unpaired) electrons. The first-order valence-electron chi connectivity index (χ1n) is 5.90. The van der Waals surface area contributed by atoms with Gasteiger partial charge in [-0.15, -0.1) is 0 Å². The van der Waals surface area contributed by atoms with Crippen LogP contribution in [0.1, 0.15) is 26.3 Å². The van der Waals surface area contributed by atoms with Crippen LogP contribution in [0, 0.1) is 26.9 Å². The minimum atomic E-state index is -0.971. The fraction of sp³-hybridized carbons (Fsp3) is 0.286. The predicted octanol–water partition coefficient (Wildman–Crippen LogP) is -0.538. The number of hydrogen-bond acceptors (Lipinski definition) is 5.